The Morgan fingerprint density at radius 2 is 2.38 bits per heavy atom. The van der Waals surface area contributed by atoms with E-state index >= 15 is 0 Å². The molecular weight excluding hydrogens is 286 g/mol. The van der Waals surface area contributed by atoms with Gasteiger partial charge in [0.2, 0.25) is 0 Å². The van der Waals surface area contributed by atoms with E-state index in [1.807, 2.05) is 6.07 Å². The zero-order chi connectivity index (χ0) is 11.4. The summed E-state index contributed by atoms with van der Waals surface area (Å²) >= 11 is 5.24. The smallest absolute Gasteiger partial charge is 0.135 e. The van der Waals surface area contributed by atoms with E-state index in [2.05, 4.69) is 45.0 Å². The largest absolute Gasteiger partial charge is 0.466 e. The number of halogens is 1. The number of furan rings is 1. The molecule has 0 saturated carbocycles. The first-order chi connectivity index (χ1) is 7.81. The minimum atomic E-state index is 0.240. The maximum Gasteiger partial charge on any atom is 0.135 e. The monoisotopic (exact) mass is 299 g/mol. The summed E-state index contributed by atoms with van der Waals surface area (Å²) in [4.78, 5) is 0. The van der Waals surface area contributed by atoms with Crippen LogP contribution in [0.2, 0.25) is 0 Å². The summed E-state index contributed by atoms with van der Waals surface area (Å²) in [5.41, 5.74) is 1.35. The molecule has 0 aromatic carbocycles. The van der Waals surface area contributed by atoms with Crippen molar-refractivity contribution in [3.8, 4) is 0 Å². The third-order valence-corrected chi connectivity index (χ3v) is 3.82. The molecule has 1 N–H and O–H groups in total. The molecule has 1 unspecified atom stereocenters. The second-order valence-electron chi connectivity index (χ2n) is 3.58. The topological polar surface area (TPSA) is 25.2 Å². The zero-order valence-corrected chi connectivity index (χ0v) is 11.5. The number of rotatable bonds is 5. The summed E-state index contributed by atoms with van der Waals surface area (Å²) in [5.74, 6) is 0.980. The molecule has 0 spiro atoms. The maximum atomic E-state index is 5.52. The van der Waals surface area contributed by atoms with Gasteiger partial charge in [-0.1, -0.05) is 6.92 Å². The van der Waals surface area contributed by atoms with E-state index in [-0.39, 0.29) is 6.04 Å². The van der Waals surface area contributed by atoms with Gasteiger partial charge in [-0.3, -0.25) is 0 Å². The summed E-state index contributed by atoms with van der Waals surface area (Å²) in [7, 11) is 0. The van der Waals surface area contributed by atoms with E-state index < -0.39 is 0 Å². The zero-order valence-electron chi connectivity index (χ0n) is 9.07. The molecule has 0 fully saturated rings. The molecule has 0 aliphatic rings. The van der Waals surface area contributed by atoms with Crippen LogP contribution in [0.5, 0.6) is 0 Å². The van der Waals surface area contributed by atoms with Gasteiger partial charge in [-0.05, 0) is 57.4 Å². The van der Waals surface area contributed by atoms with Crippen LogP contribution in [0.25, 0.3) is 0 Å². The summed E-state index contributed by atoms with van der Waals surface area (Å²) in [5, 5.41) is 7.73. The molecule has 2 rings (SSSR count). The summed E-state index contributed by atoms with van der Waals surface area (Å²) in [6.45, 7) is 3.04. The Morgan fingerprint density at radius 3 is 2.94 bits per heavy atom. The van der Waals surface area contributed by atoms with Gasteiger partial charge in [-0.25, -0.2) is 0 Å². The second-order valence-corrected chi connectivity index (χ2v) is 5.21. The van der Waals surface area contributed by atoms with E-state index in [1.54, 1.807) is 17.6 Å². The molecule has 0 radical (unpaired) electrons. The average molecular weight is 300 g/mol. The highest BCUT2D eigenvalue weighted by Gasteiger charge is 2.17. The Balaban J connectivity index is 2.14. The lowest BCUT2D eigenvalue weighted by Gasteiger charge is -2.15. The van der Waals surface area contributed by atoms with E-state index in [0.717, 1.165) is 23.2 Å². The normalized spacial score (nSPS) is 12.9. The van der Waals surface area contributed by atoms with Crippen LogP contribution in [0, 0.1) is 0 Å². The van der Waals surface area contributed by atoms with E-state index in [1.165, 1.54) is 5.56 Å². The van der Waals surface area contributed by atoms with Gasteiger partial charge in [0.05, 0.1) is 16.8 Å². The third-order valence-electron chi connectivity index (χ3n) is 2.43. The fraction of sp³-hybridized carbons (Fsp3) is 0.333. The van der Waals surface area contributed by atoms with Gasteiger partial charge in [0, 0.05) is 0 Å². The van der Waals surface area contributed by atoms with Crippen molar-refractivity contribution in [2.75, 3.05) is 6.54 Å². The van der Waals surface area contributed by atoms with Crippen molar-refractivity contribution < 1.29 is 4.42 Å². The molecule has 16 heavy (non-hydrogen) atoms. The predicted octanol–water partition coefficient (Wildman–Crippen LogP) is 4.00. The molecule has 0 bridgehead atoms. The molecule has 86 valence electrons. The SMILES string of the molecule is CCNC(Cc1ccsc1)c1occc1Br. The van der Waals surface area contributed by atoms with Crippen LogP contribution in [-0.4, -0.2) is 6.54 Å². The standard InChI is InChI=1S/C12H14BrNOS/c1-2-14-11(7-9-4-6-16-8-9)12-10(13)3-5-15-12/h3-6,8,11,14H,2,7H2,1H3. The van der Waals surface area contributed by atoms with Crippen molar-refractivity contribution >= 4 is 27.3 Å². The molecule has 0 amide bonds. The molecule has 2 nitrogen and oxygen atoms in total. The van der Waals surface area contributed by atoms with Crippen LogP contribution < -0.4 is 5.32 Å². The van der Waals surface area contributed by atoms with Gasteiger partial charge in [0.15, 0.2) is 0 Å². The Hall–Kier alpha value is -0.580. The molecule has 2 heterocycles. The van der Waals surface area contributed by atoms with Crippen molar-refractivity contribution in [1.29, 1.82) is 0 Å². The maximum absolute atomic E-state index is 5.52. The average Bonchev–Trinajstić information content (AvgIpc) is 2.88. The summed E-state index contributed by atoms with van der Waals surface area (Å²) in [6, 6.07) is 4.34. The minimum absolute atomic E-state index is 0.240. The molecule has 1 atom stereocenters. The number of hydrogen-bond donors (Lipinski definition) is 1. The number of likely N-dealkylation sites (N-methyl/N-ethyl adjacent to an activating group) is 1. The molecule has 0 aliphatic carbocycles. The molecule has 0 saturated heterocycles. The first-order valence-corrected chi connectivity index (χ1v) is 7.02. The highest BCUT2D eigenvalue weighted by atomic mass is 79.9. The van der Waals surface area contributed by atoms with Crippen LogP contribution in [0.15, 0.2) is 38.0 Å². The van der Waals surface area contributed by atoms with Crippen LogP contribution in [-0.2, 0) is 6.42 Å². The second kappa shape index (κ2) is 5.66. The molecular formula is C12H14BrNOS. The molecule has 2 aromatic heterocycles. The Kier molecular flexibility index (Phi) is 4.21. The summed E-state index contributed by atoms with van der Waals surface area (Å²) in [6.07, 6.45) is 2.68. The number of nitrogens with one attached hydrogen (secondary N) is 1. The highest BCUT2D eigenvalue weighted by molar-refractivity contribution is 9.10. The lowest BCUT2D eigenvalue weighted by atomic mass is 10.1. The number of hydrogen-bond acceptors (Lipinski definition) is 3. The molecule has 0 aliphatic heterocycles. The number of thiophene rings is 1. The van der Waals surface area contributed by atoms with Gasteiger partial charge in [-0.2, -0.15) is 11.3 Å². The van der Waals surface area contributed by atoms with Gasteiger partial charge < -0.3 is 9.73 Å². The quantitative estimate of drug-likeness (QED) is 0.903. The van der Waals surface area contributed by atoms with Crippen molar-refractivity contribution in [3.05, 3.63) is 45.0 Å². The predicted molar refractivity (Wildman–Crippen MR) is 70.8 cm³/mol. The van der Waals surface area contributed by atoms with Crippen LogP contribution in [0.3, 0.4) is 0 Å². The van der Waals surface area contributed by atoms with Gasteiger partial charge in [0.1, 0.15) is 5.76 Å². The Labute approximate surface area is 108 Å². The Morgan fingerprint density at radius 1 is 1.50 bits per heavy atom. The lowest BCUT2D eigenvalue weighted by Crippen LogP contribution is -2.22. The van der Waals surface area contributed by atoms with Crippen molar-refractivity contribution in [2.24, 2.45) is 0 Å². The van der Waals surface area contributed by atoms with Crippen molar-refractivity contribution in [1.82, 2.24) is 5.32 Å². The van der Waals surface area contributed by atoms with E-state index in [0.29, 0.717) is 0 Å². The first-order valence-electron chi connectivity index (χ1n) is 5.28. The summed E-state index contributed by atoms with van der Waals surface area (Å²) < 4.78 is 6.56. The third kappa shape index (κ3) is 2.75. The van der Waals surface area contributed by atoms with E-state index in [9.17, 15) is 0 Å². The van der Waals surface area contributed by atoms with Crippen LogP contribution >= 0.6 is 27.3 Å². The van der Waals surface area contributed by atoms with Crippen molar-refractivity contribution in [3.63, 3.8) is 0 Å². The van der Waals surface area contributed by atoms with E-state index in [4.69, 9.17) is 4.42 Å². The molecule has 2 aromatic rings. The van der Waals surface area contributed by atoms with Crippen molar-refractivity contribution in [2.45, 2.75) is 19.4 Å². The fourth-order valence-electron chi connectivity index (χ4n) is 1.70. The molecule has 4 heteroatoms. The Bertz CT molecular complexity index is 424. The van der Waals surface area contributed by atoms with Crippen LogP contribution in [0.4, 0.5) is 0 Å². The highest BCUT2D eigenvalue weighted by Crippen LogP contribution is 2.27. The lowest BCUT2D eigenvalue weighted by molar-refractivity contribution is 0.414. The van der Waals surface area contributed by atoms with Gasteiger partial charge in [0.25, 0.3) is 0 Å². The van der Waals surface area contributed by atoms with Crippen LogP contribution in [0.1, 0.15) is 24.3 Å². The fourth-order valence-corrected chi connectivity index (χ4v) is 2.86. The first kappa shape index (κ1) is 11.9. The van der Waals surface area contributed by atoms with Gasteiger partial charge in [-0.15, -0.1) is 0 Å². The van der Waals surface area contributed by atoms with Gasteiger partial charge >= 0.3 is 0 Å². The minimum Gasteiger partial charge on any atom is -0.466 e.